The van der Waals surface area contributed by atoms with Crippen LogP contribution in [0.15, 0.2) is 36.5 Å². The molecule has 2 atom stereocenters. The van der Waals surface area contributed by atoms with Crippen molar-refractivity contribution in [1.29, 1.82) is 0 Å². The van der Waals surface area contributed by atoms with Gasteiger partial charge in [0.2, 0.25) is 5.91 Å². The number of carbonyl (C=O) groups is 1. The first-order chi connectivity index (χ1) is 11.6. The minimum absolute atomic E-state index is 0.0675. The van der Waals surface area contributed by atoms with Crippen LogP contribution in [0.1, 0.15) is 25.5 Å². The van der Waals surface area contributed by atoms with Crippen LogP contribution in [0.2, 0.25) is 0 Å². The number of aromatic nitrogens is 2. The second kappa shape index (κ2) is 7.40. The zero-order chi connectivity index (χ0) is 16.9. The van der Waals surface area contributed by atoms with E-state index in [1.165, 1.54) is 0 Å². The lowest BCUT2D eigenvalue weighted by molar-refractivity contribution is -0.120. The van der Waals surface area contributed by atoms with E-state index in [9.17, 15) is 4.79 Å². The van der Waals surface area contributed by atoms with Gasteiger partial charge in [-0.2, -0.15) is 0 Å². The highest BCUT2D eigenvalue weighted by atomic mass is 16.5. The average molecular weight is 326 g/mol. The number of nitrogens with one attached hydrogen (secondary N) is 2. The molecule has 0 bridgehead atoms. The molecule has 2 heterocycles. The molecule has 1 fully saturated rings. The molecule has 1 aliphatic rings. The van der Waals surface area contributed by atoms with E-state index in [2.05, 4.69) is 27.5 Å². The molecule has 1 saturated heterocycles. The molecule has 0 unspecified atom stereocenters. The van der Waals surface area contributed by atoms with E-state index in [1.54, 1.807) is 18.3 Å². The van der Waals surface area contributed by atoms with E-state index in [4.69, 9.17) is 4.74 Å². The van der Waals surface area contributed by atoms with Gasteiger partial charge in [0.05, 0.1) is 0 Å². The van der Waals surface area contributed by atoms with Gasteiger partial charge in [-0.15, -0.1) is 0 Å². The summed E-state index contributed by atoms with van der Waals surface area (Å²) in [6.45, 7) is 4.89. The van der Waals surface area contributed by atoms with E-state index in [1.807, 2.05) is 25.1 Å². The molecular formula is C18H22N4O2. The molecule has 1 aromatic carbocycles. The van der Waals surface area contributed by atoms with Crippen molar-refractivity contribution >= 4 is 11.6 Å². The topological polar surface area (TPSA) is 76.1 Å². The maximum absolute atomic E-state index is 12.3. The lowest BCUT2D eigenvalue weighted by Gasteiger charge is -2.27. The Morgan fingerprint density at radius 1 is 1.29 bits per heavy atom. The summed E-state index contributed by atoms with van der Waals surface area (Å²) >= 11 is 0. The summed E-state index contributed by atoms with van der Waals surface area (Å²) in [5.74, 6) is 0.783. The Morgan fingerprint density at radius 3 is 2.79 bits per heavy atom. The zero-order valence-corrected chi connectivity index (χ0v) is 14.0. The number of benzene rings is 1. The Hall–Kier alpha value is -2.47. The highest BCUT2D eigenvalue weighted by Gasteiger charge is 2.24. The molecule has 1 aliphatic heterocycles. The molecule has 0 spiro atoms. The van der Waals surface area contributed by atoms with Crippen LogP contribution in [0.4, 0.5) is 5.69 Å². The number of anilines is 1. The highest BCUT2D eigenvalue weighted by molar-refractivity contribution is 5.92. The number of ether oxygens (including phenoxy) is 1. The van der Waals surface area contributed by atoms with Crippen LogP contribution in [0.3, 0.4) is 0 Å². The van der Waals surface area contributed by atoms with Crippen molar-refractivity contribution in [3.63, 3.8) is 0 Å². The number of carbonyl (C=O) groups excluding carboxylic acids is 1. The number of nitrogens with zero attached hydrogens (tertiary/aromatic N) is 2. The first-order valence-corrected chi connectivity index (χ1v) is 8.22. The van der Waals surface area contributed by atoms with Crippen LogP contribution >= 0.6 is 0 Å². The van der Waals surface area contributed by atoms with E-state index in [-0.39, 0.29) is 11.8 Å². The van der Waals surface area contributed by atoms with Gasteiger partial charge in [0, 0.05) is 29.5 Å². The number of rotatable bonds is 4. The molecule has 3 rings (SSSR count). The summed E-state index contributed by atoms with van der Waals surface area (Å²) in [5.41, 5.74) is 1.61. The predicted molar refractivity (Wildman–Crippen MR) is 92.1 cm³/mol. The van der Waals surface area contributed by atoms with Gasteiger partial charge in [0.25, 0.3) is 0 Å². The van der Waals surface area contributed by atoms with Gasteiger partial charge in [-0.1, -0.05) is 0 Å². The smallest absolute Gasteiger partial charge is 0.322 e. The van der Waals surface area contributed by atoms with Gasteiger partial charge < -0.3 is 15.4 Å². The Bertz CT molecular complexity index is 702. The largest absolute Gasteiger partial charge is 0.424 e. The first-order valence-electron chi connectivity index (χ1n) is 8.22. The minimum atomic E-state index is 0.0675. The molecule has 2 N–H and O–H groups in total. The maximum atomic E-state index is 12.3. The minimum Gasteiger partial charge on any atom is -0.424 e. The third-order valence-electron chi connectivity index (χ3n) is 4.10. The number of aryl methyl sites for hydroxylation is 1. The standard InChI is InChI=1S/C18H22N4O2/c1-12-7-9-20-18(21-12)24-16-5-3-15(4-6-16)22-17(23)14-8-10-19-13(2)11-14/h3-7,9,13-14,19H,8,10-11H2,1-2H3,(H,22,23)/t13-,14-/m0/s1. The van der Waals surface area contributed by atoms with Crippen molar-refractivity contribution in [3.05, 3.63) is 42.2 Å². The van der Waals surface area contributed by atoms with Crippen molar-refractivity contribution < 1.29 is 9.53 Å². The van der Waals surface area contributed by atoms with Gasteiger partial charge in [-0.25, -0.2) is 9.97 Å². The third kappa shape index (κ3) is 4.29. The number of piperidine rings is 1. The maximum Gasteiger partial charge on any atom is 0.322 e. The summed E-state index contributed by atoms with van der Waals surface area (Å²) in [7, 11) is 0. The highest BCUT2D eigenvalue weighted by Crippen LogP contribution is 2.22. The zero-order valence-electron chi connectivity index (χ0n) is 14.0. The lowest BCUT2D eigenvalue weighted by Crippen LogP contribution is -2.40. The van der Waals surface area contributed by atoms with Crippen LogP contribution in [0.5, 0.6) is 11.8 Å². The number of hydrogen-bond donors (Lipinski definition) is 2. The van der Waals surface area contributed by atoms with Gasteiger partial charge in [0.15, 0.2) is 0 Å². The second-order valence-electron chi connectivity index (χ2n) is 6.17. The summed E-state index contributed by atoms with van der Waals surface area (Å²) in [6.07, 6.45) is 3.41. The van der Waals surface area contributed by atoms with Gasteiger partial charge in [-0.3, -0.25) is 4.79 Å². The Kier molecular flexibility index (Phi) is 5.05. The molecule has 0 aliphatic carbocycles. The van der Waals surface area contributed by atoms with Crippen molar-refractivity contribution in [3.8, 4) is 11.8 Å². The van der Waals surface area contributed by atoms with E-state index < -0.39 is 0 Å². The third-order valence-corrected chi connectivity index (χ3v) is 4.10. The Morgan fingerprint density at radius 2 is 2.08 bits per heavy atom. The molecule has 1 amide bonds. The van der Waals surface area contributed by atoms with Crippen LogP contribution < -0.4 is 15.4 Å². The van der Waals surface area contributed by atoms with Crippen molar-refractivity contribution in [2.24, 2.45) is 5.92 Å². The molecular weight excluding hydrogens is 304 g/mol. The predicted octanol–water partition coefficient (Wildman–Crippen LogP) is 2.90. The van der Waals surface area contributed by atoms with Crippen molar-refractivity contribution in [2.75, 3.05) is 11.9 Å². The average Bonchev–Trinajstić information content (AvgIpc) is 2.57. The molecule has 126 valence electrons. The van der Waals surface area contributed by atoms with Crippen LogP contribution in [-0.2, 0) is 4.79 Å². The fourth-order valence-corrected chi connectivity index (χ4v) is 2.80. The monoisotopic (exact) mass is 326 g/mol. The number of hydrogen-bond acceptors (Lipinski definition) is 5. The normalized spacial score (nSPS) is 20.4. The summed E-state index contributed by atoms with van der Waals surface area (Å²) < 4.78 is 5.61. The lowest BCUT2D eigenvalue weighted by atomic mass is 9.92. The quantitative estimate of drug-likeness (QED) is 0.903. The summed E-state index contributed by atoms with van der Waals surface area (Å²) in [6, 6.07) is 9.77. The van der Waals surface area contributed by atoms with E-state index >= 15 is 0 Å². The molecule has 0 saturated carbocycles. The fourth-order valence-electron chi connectivity index (χ4n) is 2.80. The first kappa shape index (κ1) is 16.4. The molecule has 0 radical (unpaired) electrons. The van der Waals surface area contributed by atoms with Crippen LogP contribution in [-0.4, -0.2) is 28.5 Å². The van der Waals surface area contributed by atoms with E-state index in [0.717, 1.165) is 30.8 Å². The van der Waals surface area contributed by atoms with Crippen LogP contribution in [0, 0.1) is 12.8 Å². The van der Waals surface area contributed by atoms with Crippen LogP contribution in [0.25, 0.3) is 0 Å². The van der Waals surface area contributed by atoms with Gasteiger partial charge in [0.1, 0.15) is 5.75 Å². The Balaban J connectivity index is 1.59. The molecule has 6 heteroatoms. The summed E-state index contributed by atoms with van der Waals surface area (Å²) in [5, 5.41) is 6.34. The summed E-state index contributed by atoms with van der Waals surface area (Å²) in [4.78, 5) is 20.6. The second-order valence-corrected chi connectivity index (χ2v) is 6.17. The molecule has 1 aromatic heterocycles. The number of amides is 1. The van der Waals surface area contributed by atoms with Gasteiger partial charge in [-0.05, 0) is 63.6 Å². The van der Waals surface area contributed by atoms with E-state index in [0.29, 0.717) is 17.8 Å². The fraction of sp³-hybridized carbons (Fsp3) is 0.389. The van der Waals surface area contributed by atoms with Crippen molar-refractivity contribution in [1.82, 2.24) is 15.3 Å². The SMILES string of the molecule is Cc1ccnc(Oc2ccc(NC(=O)[C@H]3CCN[C@@H](C)C3)cc2)n1. The molecule has 6 nitrogen and oxygen atoms in total. The molecule has 24 heavy (non-hydrogen) atoms. The van der Waals surface area contributed by atoms with Gasteiger partial charge >= 0.3 is 6.01 Å². The van der Waals surface area contributed by atoms with Crippen molar-refractivity contribution in [2.45, 2.75) is 32.7 Å². The molecule has 2 aromatic rings. The Labute approximate surface area is 141 Å².